The van der Waals surface area contributed by atoms with E-state index >= 15 is 0 Å². The van der Waals surface area contributed by atoms with Crippen LogP contribution >= 0.6 is 0 Å². The molecular weight excluding hydrogens is 255 g/mol. The minimum Gasteiger partial charge on any atom is -0.389 e. The van der Waals surface area contributed by atoms with Crippen molar-refractivity contribution in [3.05, 3.63) is 0 Å². The zero-order valence-electron chi connectivity index (χ0n) is 11.3. The van der Waals surface area contributed by atoms with Crippen molar-refractivity contribution in [2.45, 2.75) is 75.6 Å². The summed E-state index contributed by atoms with van der Waals surface area (Å²) >= 11 is 0. The Bertz CT molecular complexity index is 279. The Kier molecular flexibility index (Phi) is 4.77. The SMILES string of the molecule is OC1(CNC2CCC(C(F)(F)F)CC2)CCCCC1. The van der Waals surface area contributed by atoms with Gasteiger partial charge in [-0.3, -0.25) is 0 Å². The van der Waals surface area contributed by atoms with Gasteiger partial charge in [0, 0.05) is 12.6 Å². The van der Waals surface area contributed by atoms with E-state index in [9.17, 15) is 18.3 Å². The molecule has 19 heavy (non-hydrogen) atoms. The van der Waals surface area contributed by atoms with Gasteiger partial charge in [0.15, 0.2) is 0 Å². The van der Waals surface area contributed by atoms with Crippen LogP contribution in [-0.2, 0) is 0 Å². The summed E-state index contributed by atoms with van der Waals surface area (Å²) in [6, 6.07) is 0.143. The van der Waals surface area contributed by atoms with Gasteiger partial charge in [0.05, 0.1) is 11.5 Å². The maximum absolute atomic E-state index is 12.5. The van der Waals surface area contributed by atoms with Gasteiger partial charge in [-0.1, -0.05) is 19.3 Å². The molecule has 0 aliphatic heterocycles. The van der Waals surface area contributed by atoms with Crippen molar-refractivity contribution in [2.75, 3.05) is 6.54 Å². The van der Waals surface area contributed by atoms with Crippen molar-refractivity contribution in [1.82, 2.24) is 5.32 Å². The van der Waals surface area contributed by atoms with Crippen LogP contribution in [0.1, 0.15) is 57.8 Å². The number of hydrogen-bond acceptors (Lipinski definition) is 2. The molecule has 0 amide bonds. The van der Waals surface area contributed by atoms with E-state index in [1.165, 1.54) is 6.42 Å². The van der Waals surface area contributed by atoms with Gasteiger partial charge in [-0.05, 0) is 38.5 Å². The Hall–Kier alpha value is -0.290. The Morgan fingerprint density at radius 1 is 1.00 bits per heavy atom. The first-order valence-corrected chi connectivity index (χ1v) is 7.42. The van der Waals surface area contributed by atoms with E-state index in [-0.39, 0.29) is 18.9 Å². The lowest BCUT2D eigenvalue weighted by atomic mass is 9.83. The minimum absolute atomic E-state index is 0.143. The van der Waals surface area contributed by atoms with Crippen LogP contribution in [0.25, 0.3) is 0 Å². The lowest BCUT2D eigenvalue weighted by molar-refractivity contribution is -0.182. The topological polar surface area (TPSA) is 32.3 Å². The van der Waals surface area contributed by atoms with Crippen molar-refractivity contribution in [1.29, 1.82) is 0 Å². The first kappa shape index (κ1) is 15.1. The summed E-state index contributed by atoms with van der Waals surface area (Å²) < 4.78 is 37.6. The summed E-state index contributed by atoms with van der Waals surface area (Å²) in [6.07, 6.45) is 2.47. The summed E-state index contributed by atoms with van der Waals surface area (Å²) in [6.45, 7) is 0.536. The fourth-order valence-electron chi connectivity index (χ4n) is 3.35. The number of rotatable bonds is 3. The molecule has 2 aliphatic carbocycles. The van der Waals surface area contributed by atoms with Crippen LogP contribution in [0.2, 0.25) is 0 Å². The summed E-state index contributed by atoms with van der Waals surface area (Å²) in [5, 5.41) is 13.6. The van der Waals surface area contributed by atoms with Crippen molar-refractivity contribution in [2.24, 2.45) is 5.92 Å². The number of halogens is 3. The summed E-state index contributed by atoms with van der Waals surface area (Å²) in [5.41, 5.74) is -0.626. The van der Waals surface area contributed by atoms with Crippen LogP contribution in [0.15, 0.2) is 0 Å². The highest BCUT2D eigenvalue weighted by atomic mass is 19.4. The van der Waals surface area contributed by atoms with Crippen LogP contribution < -0.4 is 5.32 Å². The van der Waals surface area contributed by atoms with E-state index in [0.717, 1.165) is 25.7 Å². The Balaban J connectivity index is 1.71. The molecule has 0 aromatic carbocycles. The predicted molar refractivity (Wildman–Crippen MR) is 67.8 cm³/mol. The monoisotopic (exact) mass is 279 g/mol. The number of alkyl halides is 3. The van der Waals surface area contributed by atoms with Gasteiger partial charge in [-0.25, -0.2) is 0 Å². The van der Waals surface area contributed by atoms with Gasteiger partial charge >= 0.3 is 6.18 Å². The van der Waals surface area contributed by atoms with Gasteiger partial charge in [0.1, 0.15) is 0 Å². The van der Waals surface area contributed by atoms with Crippen molar-refractivity contribution in [3.63, 3.8) is 0 Å². The number of hydrogen-bond donors (Lipinski definition) is 2. The fourth-order valence-corrected chi connectivity index (χ4v) is 3.35. The maximum Gasteiger partial charge on any atom is 0.391 e. The van der Waals surface area contributed by atoms with Crippen molar-refractivity contribution < 1.29 is 18.3 Å². The molecular formula is C14H24F3NO. The summed E-state index contributed by atoms with van der Waals surface area (Å²) in [4.78, 5) is 0. The molecule has 0 aromatic rings. The van der Waals surface area contributed by atoms with Crippen LogP contribution in [0, 0.1) is 5.92 Å². The average Bonchev–Trinajstić information content (AvgIpc) is 2.37. The zero-order valence-corrected chi connectivity index (χ0v) is 11.3. The molecule has 2 rings (SSSR count). The molecule has 0 bridgehead atoms. The summed E-state index contributed by atoms with van der Waals surface area (Å²) in [5.74, 6) is -1.12. The number of nitrogens with one attached hydrogen (secondary N) is 1. The molecule has 2 fully saturated rings. The highest BCUT2D eigenvalue weighted by molar-refractivity contribution is 4.87. The first-order valence-electron chi connectivity index (χ1n) is 7.42. The van der Waals surface area contributed by atoms with Gasteiger partial charge in [0.2, 0.25) is 0 Å². The van der Waals surface area contributed by atoms with E-state index < -0.39 is 17.7 Å². The van der Waals surface area contributed by atoms with E-state index in [1.807, 2.05) is 0 Å². The third-order valence-corrected chi connectivity index (χ3v) is 4.69. The third kappa shape index (κ3) is 4.35. The Morgan fingerprint density at radius 3 is 2.11 bits per heavy atom. The molecule has 2 saturated carbocycles. The zero-order chi connectivity index (χ0) is 13.9. The molecule has 2 nitrogen and oxygen atoms in total. The quantitative estimate of drug-likeness (QED) is 0.830. The highest BCUT2D eigenvalue weighted by Crippen LogP contribution is 2.37. The molecule has 0 heterocycles. The van der Waals surface area contributed by atoms with Crippen LogP contribution in [-0.4, -0.2) is 29.5 Å². The second-order valence-corrected chi connectivity index (χ2v) is 6.26. The second-order valence-electron chi connectivity index (χ2n) is 6.26. The first-order chi connectivity index (χ1) is 8.89. The molecule has 0 unspecified atom stereocenters. The molecule has 5 heteroatoms. The number of aliphatic hydroxyl groups is 1. The van der Waals surface area contributed by atoms with Crippen molar-refractivity contribution in [3.8, 4) is 0 Å². The molecule has 0 atom stereocenters. The van der Waals surface area contributed by atoms with E-state index in [2.05, 4.69) is 5.32 Å². The Labute approximate surface area is 112 Å². The molecule has 0 radical (unpaired) electrons. The summed E-state index contributed by atoms with van der Waals surface area (Å²) in [7, 11) is 0. The lowest BCUT2D eigenvalue weighted by Gasteiger charge is -2.36. The molecule has 0 spiro atoms. The largest absolute Gasteiger partial charge is 0.391 e. The van der Waals surface area contributed by atoms with E-state index in [1.54, 1.807) is 0 Å². The van der Waals surface area contributed by atoms with E-state index in [4.69, 9.17) is 0 Å². The fraction of sp³-hybridized carbons (Fsp3) is 1.00. The van der Waals surface area contributed by atoms with Gasteiger partial charge in [0.25, 0.3) is 0 Å². The predicted octanol–water partition coefficient (Wildman–Crippen LogP) is 3.39. The molecule has 0 saturated heterocycles. The van der Waals surface area contributed by atoms with Gasteiger partial charge in [-0.2, -0.15) is 13.2 Å². The van der Waals surface area contributed by atoms with Crippen molar-refractivity contribution >= 4 is 0 Å². The van der Waals surface area contributed by atoms with E-state index in [0.29, 0.717) is 19.4 Å². The lowest BCUT2D eigenvalue weighted by Crippen LogP contribution is -2.47. The Morgan fingerprint density at radius 2 is 1.58 bits per heavy atom. The highest BCUT2D eigenvalue weighted by Gasteiger charge is 2.41. The maximum atomic E-state index is 12.5. The van der Waals surface area contributed by atoms with Gasteiger partial charge in [-0.15, -0.1) is 0 Å². The van der Waals surface area contributed by atoms with Crippen LogP contribution in [0.5, 0.6) is 0 Å². The molecule has 2 N–H and O–H groups in total. The van der Waals surface area contributed by atoms with Gasteiger partial charge < -0.3 is 10.4 Å². The second kappa shape index (κ2) is 6.00. The minimum atomic E-state index is -4.04. The van der Waals surface area contributed by atoms with Crippen LogP contribution in [0.3, 0.4) is 0 Å². The average molecular weight is 279 g/mol. The van der Waals surface area contributed by atoms with Crippen LogP contribution in [0.4, 0.5) is 13.2 Å². The molecule has 112 valence electrons. The molecule has 2 aliphatic rings. The third-order valence-electron chi connectivity index (χ3n) is 4.69. The smallest absolute Gasteiger partial charge is 0.389 e. The molecule has 0 aromatic heterocycles. The standard InChI is InChI=1S/C14H24F3NO/c15-14(16,17)11-4-6-12(7-5-11)18-10-13(19)8-2-1-3-9-13/h11-12,18-19H,1-10H2. The normalized spacial score (nSPS) is 32.2.